The molecular formula is C16H19N. The van der Waals surface area contributed by atoms with Crippen LogP contribution in [0, 0.1) is 11.3 Å². The van der Waals surface area contributed by atoms with Crippen molar-refractivity contribution in [2.45, 2.75) is 49.5 Å². The summed E-state index contributed by atoms with van der Waals surface area (Å²) in [5, 5.41) is 0. The molecule has 1 spiro atoms. The Morgan fingerprint density at radius 3 is 2.71 bits per heavy atom. The van der Waals surface area contributed by atoms with E-state index in [0.29, 0.717) is 17.3 Å². The van der Waals surface area contributed by atoms with Gasteiger partial charge in [-0.2, -0.15) is 0 Å². The van der Waals surface area contributed by atoms with Gasteiger partial charge in [-0.3, -0.25) is 0 Å². The van der Waals surface area contributed by atoms with Gasteiger partial charge in [-0.15, -0.1) is 0 Å². The van der Waals surface area contributed by atoms with E-state index in [1.807, 2.05) is 0 Å². The maximum atomic E-state index is 8.75. The van der Waals surface area contributed by atoms with Crippen molar-refractivity contribution in [3.63, 3.8) is 0 Å². The minimum atomic E-state index is -0.222. The molecule has 3 fully saturated rings. The van der Waals surface area contributed by atoms with Crippen LogP contribution in [0.25, 0.3) is 0 Å². The third kappa shape index (κ3) is 0.866. The maximum absolute atomic E-state index is 8.75. The van der Waals surface area contributed by atoms with Gasteiger partial charge in [0, 0.05) is 6.91 Å². The van der Waals surface area contributed by atoms with Gasteiger partial charge in [-0.25, -0.2) is 0 Å². The van der Waals surface area contributed by atoms with Crippen molar-refractivity contribution in [1.82, 2.24) is 0 Å². The highest BCUT2D eigenvalue weighted by atomic mass is 14.9. The molecule has 0 aromatic heterocycles. The van der Waals surface area contributed by atoms with Gasteiger partial charge in [0.15, 0.2) is 0 Å². The van der Waals surface area contributed by atoms with Gasteiger partial charge in [-0.05, 0) is 66.4 Å². The quantitative estimate of drug-likeness (QED) is 0.722. The number of fused-ring (bicyclic) bond motifs is 5. The van der Waals surface area contributed by atoms with Crippen molar-refractivity contribution >= 4 is 0 Å². The first-order valence-corrected chi connectivity index (χ1v) is 6.92. The molecule has 1 nitrogen and oxygen atoms in total. The standard InChI is InChI=1S/C16H19N/c17-15-6-10-5-13-11-3-1-2-4-12(11)14(8-15)16(13,7-10)9-15/h1-4,10,13-14H,5-9,17H2/i10D. The topological polar surface area (TPSA) is 26.0 Å². The zero-order valence-corrected chi connectivity index (χ0v) is 10.1. The van der Waals surface area contributed by atoms with Gasteiger partial charge in [0.1, 0.15) is 0 Å². The molecule has 1 aromatic rings. The summed E-state index contributed by atoms with van der Waals surface area (Å²) in [6.07, 6.45) is 5.39. The fraction of sp³-hybridized carbons (Fsp3) is 0.625. The zero-order chi connectivity index (χ0) is 12.2. The van der Waals surface area contributed by atoms with E-state index < -0.39 is 0 Å². The number of rotatable bonds is 0. The van der Waals surface area contributed by atoms with Crippen LogP contribution < -0.4 is 5.73 Å². The molecule has 5 rings (SSSR count). The predicted molar refractivity (Wildman–Crippen MR) is 67.9 cm³/mol. The highest BCUT2D eigenvalue weighted by Crippen LogP contribution is 2.76. The van der Waals surface area contributed by atoms with E-state index in [9.17, 15) is 0 Å². The Morgan fingerprint density at radius 1 is 1.12 bits per heavy atom. The molecule has 17 heavy (non-hydrogen) atoms. The van der Waals surface area contributed by atoms with Gasteiger partial charge in [0.05, 0.1) is 0 Å². The summed E-state index contributed by atoms with van der Waals surface area (Å²) in [7, 11) is 0. The summed E-state index contributed by atoms with van der Waals surface area (Å²) in [6.45, 7) is 0. The van der Waals surface area contributed by atoms with Gasteiger partial charge in [-0.1, -0.05) is 24.3 Å². The first-order chi connectivity index (χ1) is 8.54. The molecule has 0 radical (unpaired) electrons. The molecule has 0 amide bonds. The third-order valence-corrected chi connectivity index (χ3v) is 6.10. The van der Waals surface area contributed by atoms with E-state index in [2.05, 4.69) is 24.3 Å². The Labute approximate surface area is 104 Å². The van der Waals surface area contributed by atoms with E-state index in [-0.39, 0.29) is 11.4 Å². The van der Waals surface area contributed by atoms with Crippen molar-refractivity contribution in [2.75, 3.05) is 0 Å². The van der Waals surface area contributed by atoms with Gasteiger partial charge in [0.2, 0.25) is 0 Å². The minimum Gasteiger partial charge on any atom is -0.325 e. The molecular weight excluding hydrogens is 206 g/mol. The van der Waals surface area contributed by atoms with E-state index in [0.717, 1.165) is 25.7 Å². The van der Waals surface area contributed by atoms with Crippen molar-refractivity contribution in [3.05, 3.63) is 35.4 Å². The smallest absolute Gasteiger partial charge is 0.0304 e. The number of benzene rings is 1. The van der Waals surface area contributed by atoms with Crippen LogP contribution in [-0.2, 0) is 0 Å². The zero-order valence-electron chi connectivity index (χ0n) is 11.1. The third-order valence-electron chi connectivity index (χ3n) is 6.10. The number of hydrogen-bond acceptors (Lipinski definition) is 1. The average Bonchev–Trinajstić information content (AvgIpc) is 2.76. The number of hydrogen-bond donors (Lipinski definition) is 1. The summed E-state index contributed by atoms with van der Waals surface area (Å²) in [5.74, 6) is 1.06. The van der Waals surface area contributed by atoms with Gasteiger partial charge < -0.3 is 5.73 Å². The van der Waals surface area contributed by atoms with Crippen LogP contribution in [0.4, 0.5) is 0 Å². The molecule has 5 unspecified atom stereocenters. The first kappa shape index (κ1) is 8.31. The lowest BCUT2D eigenvalue weighted by atomic mass is 9.70. The molecule has 1 heteroatoms. The SMILES string of the molecule is [2H]C12CC3c4ccccc4C4CC(N)(C1)CC34C2. The summed E-state index contributed by atoms with van der Waals surface area (Å²) < 4.78 is 8.75. The molecule has 3 saturated carbocycles. The maximum Gasteiger partial charge on any atom is 0.0304 e. The van der Waals surface area contributed by atoms with Crippen LogP contribution in [0.15, 0.2) is 24.3 Å². The van der Waals surface area contributed by atoms with Crippen LogP contribution in [0.1, 0.15) is 56.4 Å². The van der Waals surface area contributed by atoms with Crippen molar-refractivity contribution in [1.29, 1.82) is 0 Å². The Bertz CT molecular complexity index is 519. The lowest BCUT2D eigenvalue weighted by Crippen LogP contribution is -2.42. The molecule has 4 aliphatic rings. The van der Waals surface area contributed by atoms with E-state index in [1.54, 1.807) is 11.1 Å². The van der Waals surface area contributed by atoms with Crippen LogP contribution in [-0.4, -0.2) is 5.54 Å². The molecule has 1 aromatic carbocycles. The molecule has 0 heterocycles. The van der Waals surface area contributed by atoms with Crippen LogP contribution in [0.5, 0.6) is 0 Å². The van der Waals surface area contributed by atoms with Crippen LogP contribution >= 0.6 is 0 Å². The highest BCUT2D eigenvalue weighted by Gasteiger charge is 2.68. The normalized spacial score (nSPS) is 58.1. The monoisotopic (exact) mass is 226 g/mol. The predicted octanol–water partition coefficient (Wildman–Crippen LogP) is 3.16. The first-order valence-electron chi connectivity index (χ1n) is 7.42. The number of nitrogens with two attached hydrogens (primary N) is 1. The minimum absolute atomic E-state index is 0.0348. The fourth-order valence-electron chi connectivity index (χ4n) is 5.92. The van der Waals surface area contributed by atoms with Crippen molar-refractivity contribution < 1.29 is 1.37 Å². The van der Waals surface area contributed by atoms with Gasteiger partial charge >= 0.3 is 0 Å². The van der Waals surface area contributed by atoms with E-state index in [1.165, 1.54) is 6.42 Å². The summed E-state index contributed by atoms with van der Waals surface area (Å²) in [4.78, 5) is 0. The molecule has 0 saturated heterocycles. The van der Waals surface area contributed by atoms with E-state index >= 15 is 0 Å². The Balaban J connectivity index is 1.81. The van der Waals surface area contributed by atoms with E-state index in [4.69, 9.17) is 7.10 Å². The second-order valence-electron chi connectivity index (χ2n) is 7.02. The molecule has 4 aliphatic carbocycles. The summed E-state index contributed by atoms with van der Waals surface area (Å²) in [5.41, 5.74) is 10.1. The summed E-state index contributed by atoms with van der Waals surface area (Å²) in [6, 6.07) is 8.99. The average molecular weight is 226 g/mol. The largest absolute Gasteiger partial charge is 0.325 e. The lowest BCUT2D eigenvalue weighted by molar-refractivity contribution is 0.190. The Kier molecular flexibility index (Phi) is 1.21. The molecule has 0 aliphatic heterocycles. The molecule has 88 valence electrons. The van der Waals surface area contributed by atoms with Crippen molar-refractivity contribution in [3.8, 4) is 0 Å². The van der Waals surface area contributed by atoms with Gasteiger partial charge in [0.25, 0.3) is 0 Å². The van der Waals surface area contributed by atoms with Crippen LogP contribution in [0.3, 0.4) is 0 Å². The Morgan fingerprint density at radius 2 is 1.88 bits per heavy atom. The Hall–Kier alpha value is -0.820. The van der Waals surface area contributed by atoms with Crippen LogP contribution in [0.2, 0.25) is 0 Å². The van der Waals surface area contributed by atoms with Crippen molar-refractivity contribution in [2.24, 2.45) is 17.0 Å². The molecule has 5 atom stereocenters. The lowest BCUT2D eigenvalue weighted by Gasteiger charge is -2.36. The summed E-state index contributed by atoms with van der Waals surface area (Å²) >= 11 is 0. The molecule has 2 N–H and O–H groups in total. The second-order valence-corrected chi connectivity index (χ2v) is 7.02. The molecule has 3 bridgehead atoms. The highest BCUT2D eigenvalue weighted by molar-refractivity contribution is 5.48. The second kappa shape index (κ2) is 2.47. The fourth-order valence-corrected chi connectivity index (χ4v) is 5.92.